The Balaban J connectivity index is 2.22. The molecule has 1 atom stereocenters. The van der Waals surface area contributed by atoms with E-state index in [2.05, 4.69) is 9.62 Å². The van der Waals surface area contributed by atoms with Crippen LogP contribution in [0.3, 0.4) is 0 Å². The Morgan fingerprint density at radius 2 is 1.79 bits per heavy atom. The van der Waals surface area contributed by atoms with Gasteiger partial charge in [-0.2, -0.15) is 12.7 Å². The second-order valence-corrected chi connectivity index (χ2v) is 10.0. The number of rotatable bonds is 7. The van der Waals surface area contributed by atoms with Crippen LogP contribution in [-0.4, -0.2) is 56.8 Å². The molecule has 1 amide bonds. The molecule has 158 valence electrons. The highest BCUT2D eigenvalue weighted by atomic mass is 32.2. The zero-order valence-corrected chi connectivity index (χ0v) is 18.4. The first-order valence-corrected chi connectivity index (χ1v) is 11.2. The average molecular weight is 414 g/mol. The lowest BCUT2D eigenvalue weighted by atomic mass is 9.87. The van der Waals surface area contributed by atoms with Gasteiger partial charge in [0.1, 0.15) is 5.82 Å². The monoisotopic (exact) mass is 413 g/mol. The van der Waals surface area contributed by atoms with Gasteiger partial charge in [-0.3, -0.25) is 4.79 Å². The fourth-order valence-electron chi connectivity index (χ4n) is 3.73. The second kappa shape index (κ2) is 8.88. The van der Waals surface area contributed by atoms with E-state index < -0.39 is 16.1 Å². The SMILES string of the molecule is CC(C)c1cc(F)cc(C(C)C)c1CC(=O)NS(=O)(=O)N(C)C1CCN(C)C1. The van der Waals surface area contributed by atoms with E-state index in [0.29, 0.717) is 12.1 Å². The Bertz CT molecular complexity index is 795. The van der Waals surface area contributed by atoms with E-state index in [-0.39, 0.29) is 30.1 Å². The maximum Gasteiger partial charge on any atom is 0.303 e. The first-order chi connectivity index (χ1) is 12.9. The van der Waals surface area contributed by atoms with Gasteiger partial charge in [0.05, 0.1) is 6.42 Å². The van der Waals surface area contributed by atoms with Crippen LogP contribution in [0.2, 0.25) is 0 Å². The highest BCUT2D eigenvalue weighted by molar-refractivity contribution is 7.87. The molecule has 1 saturated heterocycles. The minimum atomic E-state index is -3.93. The van der Waals surface area contributed by atoms with Gasteiger partial charge in [0, 0.05) is 19.6 Å². The molecule has 28 heavy (non-hydrogen) atoms. The van der Waals surface area contributed by atoms with Crippen molar-refractivity contribution in [1.29, 1.82) is 0 Å². The Morgan fingerprint density at radius 3 is 2.21 bits per heavy atom. The highest BCUT2D eigenvalue weighted by Crippen LogP contribution is 2.29. The third-order valence-electron chi connectivity index (χ3n) is 5.37. The molecule has 6 nitrogen and oxygen atoms in total. The predicted octanol–water partition coefficient (Wildman–Crippen LogP) is 2.61. The Morgan fingerprint density at radius 1 is 1.25 bits per heavy atom. The van der Waals surface area contributed by atoms with Gasteiger partial charge in [0.15, 0.2) is 0 Å². The quantitative estimate of drug-likeness (QED) is 0.746. The topological polar surface area (TPSA) is 69.7 Å². The van der Waals surface area contributed by atoms with Crippen LogP contribution < -0.4 is 4.72 Å². The van der Waals surface area contributed by atoms with Crippen molar-refractivity contribution < 1.29 is 17.6 Å². The molecule has 0 radical (unpaired) electrons. The van der Waals surface area contributed by atoms with Crippen molar-refractivity contribution in [1.82, 2.24) is 13.9 Å². The molecule has 1 aromatic rings. The van der Waals surface area contributed by atoms with Crippen molar-refractivity contribution in [2.45, 2.75) is 58.4 Å². The summed E-state index contributed by atoms with van der Waals surface area (Å²) in [6.07, 6.45) is 0.633. The van der Waals surface area contributed by atoms with Gasteiger partial charge >= 0.3 is 10.2 Å². The third kappa shape index (κ3) is 5.30. The van der Waals surface area contributed by atoms with Crippen LogP contribution in [0.1, 0.15) is 62.6 Å². The van der Waals surface area contributed by atoms with Crippen molar-refractivity contribution in [2.75, 3.05) is 27.2 Å². The van der Waals surface area contributed by atoms with Crippen molar-refractivity contribution in [3.8, 4) is 0 Å². The van der Waals surface area contributed by atoms with E-state index >= 15 is 0 Å². The number of likely N-dealkylation sites (tertiary alicyclic amines) is 1. The van der Waals surface area contributed by atoms with Crippen LogP contribution in [-0.2, 0) is 21.4 Å². The zero-order chi connectivity index (χ0) is 21.2. The van der Waals surface area contributed by atoms with E-state index in [1.54, 1.807) is 0 Å². The maximum absolute atomic E-state index is 14.0. The number of amides is 1. The lowest BCUT2D eigenvalue weighted by Gasteiger charge is -2.24. The summed E-state index contributed by atoms with van der Waals surface area (Å²) in [7, 11) is -0.492. The number of hydrogen-bond donors (Lipinski definition) is 1. The summed E-state index contributed by atoms with van der Waals surface area (Å²) in [4.78, 5) is 14.7. The van der Waals surface area contributed by atoms with Crippen LogP contribution in [0.15, 0.2) is 12.1 Å². The number of carbonyl (C=O) groups excluding carboxylic acids is 1. The molecule has 8 heteroatoms. The molecule has 1 fully saturated rings. The van der Waals surface area contributed by atoms with Gasteiger partial charge in [-0.25, -0.2) is 9.11 Å². The fraction of sp³-hybridized carbons (Fsp3) is 0.650. The summed E-state index contributed by atoms with van der Waals surface area (Å²) in [5.74, 6) is -0.906. The number of hydrogen-bond acceptors (Lipinski definition) is 4. The molecule has 1 aliphatic rings. The number of carbonyl (C=O) groups is 1. The summed E-state index contributed by atoms with van der Waals surface area (Å²) >= 11 is 0. The third-order valence-corrected chi connectivity index (χ3v) is 6.91. The Hall–Kier alpha value is -1.51. The van der Waals surface area contributed by atoms with Gasteiger partial charge in [-0.05, 0) is 60.7 Å². The summed E-state index contributed by atoms with van der Waals surface area (Å²) in [6.45, 7) is 9.19. The van der Waals surface area contributed by atoms with Crippen molar-refractivity contribution in [2.24, 2.45) is 0 Å². The molecule has 1 heterocycles. The van der Waals surface area contributed by atoms with Crippen molar-refractivity contribution in [3.05, 3.63) is 34.6 Å². The Kier molecular flexibility index (Phi) is 7.22. The molecule has 0 saturated carbocycles. The summed E-state index contributed by atoms with van der Waals surface area (Å²) in [5.41, 5.74) is 2.19. The molecule has 0 aromatic heterocycles. The van der Waals surface area contributed by atoms with Gasteiger partial charge < -0.3 is 4.90 Å². The predicted molar refractivity (Wildman–Crippen MR) is 109 cm³/mol. The number of nitrogens with one attached hydrogen (secondary N) is 1. The molecular formula is C20H32FN3O3S. The Labute approximate surface area is 168 Å². The first-order valence-electron chi connectivity index (χ1n) is 9.71. The van der Waals surface area contributed by atoms with Crippen LogP contribution in [0.25, 0.3) is 0 Å². The van der Waals surface area contributed by atoms with Crippen LogP contribution in [0.5, 0.6) is 0 Å². The van der Waals surface area contributed by atoms with E-state index in [1.807, 2.05) is 34.7 Å². The first kappa shape index (κ1) is 22.8. The summed E-state index contributed by atoms with van der Waals surface area (Å²) < 4.78 is 42.7. The number of nitrogens with zero attached hydrogens (tertiary/aromatic N) is 2. The zero-order valence-electron chi connectivity index (χ0n) is 17.6. The van der Waals surface area contributed by atoms with Crippen LogP contribution in [0, 0.1) is 5.82 Å². The van der Waals surface area contributed by atoms with E-state index in [4.69, 9.17) is 0 Å². The van der Waals surface area contributed by atoms with Gasteiger partial charge in [-0.15, -0.1) is 0 Å². The minimum Gasteiger partial charge on any atom is -0.305 e. The molecule has 1 unspecified atom stereocenters. The standard InChI is InChI=1S/C20H32FN3O3S/c1-13(2)17-9-15(21)10-18(14(3)4)19(17)11-20(25)22-28(26,27)24(6)16-7-8-23(5)12-16/h9-10,13-14,16H,7-8,11-12H2,1-6H3,(H,22,25). The van der Waals surface area contributed by atoms with E-state index in [1.165, 1.54) is 23.5 Å². The minimum absolute atomic E-state index is 0.0179. The number of halogens is 1. The molecule has 1 N–H and O–H groups in total. The molecule has 2 rings (SSSR count). The van der Waals surface area contributed by atoms with E-state index in [9.17, 15) is 17.6 Å². The largest absolute Gasteiger partial charge is 0.305 e. The summed E-state index contributed by atoms with van der Waals surface area (Å²) in [5, 5.41) is 0. The molecule has 1 aromatic carbocycles. The summed E-state index contributed by atoms with van der Waals surface area (Å²) in [6, 6.07) is 2.72. The van der Waals surface area contributed by atoms with Crippen molar-refractivity contribution in [3.63, 3.8) is 0 Å². The van der Waals surface area contributed by atoms with Crippen LogP contribution >= 0.6 is 0 Å². The van der Waals surface area contributed by atoms with Gasteiger partial charge in [0.25, 0.3) is 0 Å². The maximum atomic E-state index is 14.0. The normalized spacial score (nSPS) is 18.4. The van der Waals surface area contributed by atoms with E-state index in [0.717, 1.165) is 24.1 Å². The van der Waals surface area contributed by atoms with Crippen molar-refractivity contribution >= 4 is 16.1 Å². The number of likely N-dealkylation sites (N-methyl/N-ethyl adjacent to an activating group) is 2. The molecule has 0 spiro atoms. The highest BCUT2D eigenvalue weighted by Gasteiger charge is 2.32. The van der Waals surface area contributed by atoms with Crippen LogP contribution in [0.4, 0.5) is 4.39 Å². The molecule has 1 aliphatic heterocycles. The molecule has 0 bridgehead atoms. The van der Waals surface area contributed by atoms with Gasteiger partial charge in [0.2, 0.25) is 5.91 Å². The van der Waals surface area contributed by atoms with Gasteiger partial charge in [-0.1, -0.05) is 27.7 Å². The second-order valence-electron chi connectivity index (χ2n) is 8.30. The number of benzene rings is 1. The lowest BCUT2D eigenvalue weighted by Crippen LogP contribution is -2.47. The average Bonchev–Trinajstić information content (AvgIpc) is 3.00. The lowest BCUT2D eigenvalue weighted by molar-refractivity contribution is -0.118. The molecular weight excluding hydrogens is 381 g/mol. The fourth-order valence-corrected chi connectivity index (χ4v) is 4.80. The smallest absolute Gasteiger partial charge is 0.303 e. The molecule has 0 aliphatic carbocycles.